The number of hydrogen-bond acceptors (Lipinski definition) is 7. The van der Waals surface area contributed by atoms with Gasteiger partial charge in [-0.25, -0.2) is 18.7 Å². The fourth-order valence-corrected chi connectivity index (χ4v) is 5.84. The van der Waals surface area contributed by atoms with Crippen LogP contribution in [0.25, 0.3) is 0 Å². The maximum absolute atomic E-state index is 13.6. The van der Waals surface area contributed by atoms with E-state index in [0.717, 1.165) is 61.5 Å². The normalized spacial score (nSPS) is 21.4. The summed E-state index contributed by atoms with van der Waals surface area (Å²) in [6, 6.07) is 1.43. The van der Waals surface area contributed by atoms with Gasteiger partial charge in [0.25, 0.3) is 0 Å². The van der Waals surface area contributed by atoms with Crippen LogP contribution in [-0.4, -0.2) is 42.5 Å². The first-order valence-electron chi connectivity index (χ1n) is 11.0. The van der Waals surface area contributed by atoms with Crippen LogP contribution in [0.3, 0.4) is 0 Å². The molecular formula is C22H28N6O4S. The van der Waals surface area contributed by atoms with Gasteiger partial charge in [-0.2, -0.15) is 5.26 Å². The van der Waals surface area contributed by atoms with E-state index in [2.05, 4.69) is 25.5 Å². The van der Waals surface area contributed by atoms with Crippen molar-refractivity contribution >= 4 is 27.5 Å². The Morgan fingerprint density at radius 3 is 2.64 bits per heavy atom. The highest BCUT2D eigenvalue weighted by Gasteiger charge is 2.28. The molecule has 4 rings (SSSR count). The highest BCUT2D eigenvalue weighted by atomic mass is 32.2. The van der Waals surface area contributed by atoms with Crippen molar-refractivity contribution < 1.29 is 18.5 Å². The van der Waals surface area contributed by atoms with E-state index in [1.165, 1.54) is 11.1 Å². The molecule has 0 bridgehead atoms. The summed E-state index contributed by atoms with van der Waals surface area (Å²) in [4.78, 5) is 17.1. The predicted octanol–water partition coefficient (Wildman–Crippen LogP) is 2.28. The number of urea groups is 1. The Balaban J connectivity index is 1.67. The molecule has 4 N–H and O–H groups in total. The minimum Gasteiger partial charge on any atom is -0.477 e. The minimum absolute atomic E-state index is 0.0251. The number of aryl methyl sites for hydroxylation is 2. The van der Waals surface area contributed by atoms with Crippen molar-refractivity contribution in [1.82, 2.24) is 4.72 Å². The lowest BCUT2D eigenvalue weighted by atomic mass is 9.99. The molecule has 11 heteroatoms. The van der Waals surface area contributed by atoms with Crippen molar-refractivity contribution in [3.05, 3.63) is 39.4 Å². The molecule has 2 atom stereocenters. The average Bonchev–Trinajstić information content (AvgIpc) is 3.39. The third kappa shape index (κ3) is 4.67. The van der Waals surface area contributed by atoms with Gasteiger partial charge in [0.2, 0.25) is 5.90 Å². The second-order valence-electron chi connectivity index (χ2n) is 8.17. The number of rotatable bonds is 5. The van der Waals surface area contributed by atoms with E-state index in [1.54, 1.807) is 13.3 Å². The summed E-state index contributed by atoms with van der Waals surface area (Å²) >= 11 is 0. The van der Waals surface area contributed by atoms with Gasteiger partial charge in [0.05, 0.1) is 19.3 Å². The number of benzene rings is 1. The number of nitrogens with two attached hydrogens (primary N) is 1. The lowest BCUT2D eigenvalue weighted by Gasteiger charge is -2.16. The molecule has 3 aliphatic rings. The molecule has 0 fully saturated rings. The topological polar surface area (TPSA) is 151 Å². The number of hydrogen-bond donors (Lipinski definition) is 3. The third-order valence-electron chi connectivity index (χ3n) is 6.21. The van der Waals surface area contributed by atoms with Gasteiger partial charge in [0, 0.05) is 25.4 Å². The molecule has 10 nitrogen and oxygen atoms in total. The van der Waals surface area contributed by atoms with Crippen molar-refractivity contribution in [2.75, 3.05) is 25.6 Å². The minimum atomic E-state index is -3.78. The molecule has 1 unspecified atom stereocenters. The number of amides is 2. The quantitative estimate of drug-likeness (QED) is 0.442. The Hall–Kier alpha value is -3.10. The second-order valence-corrected chi connectivity index (χ2v) is 10.0. The molecule has 2 amide bonds. The van der Waals surface area contributed by atoms with Crippen LogP contribution in [0.1, 0.15) is 41.5 Å². The Bertz CT molecular complexity index is 1140. The van der Waals surface area contributed by atoms with E-state index in [4.69, 9.17) is 15.2 Å². The Morgan fingerprint density at radius 1 is 1.33 bits per heavy atom. The SMILES string of the molecule is CO[C@H]1CCOC(C(=CN)S(=O)(=NC(=O)Nc2c3c(cc4c2CCC4)CCC3)NC#N)=NC1. The first-order chi connectivity index (χ1) is 16.0. The Labute approximate surface area is 193 Å². The van der Waals surface area contributed by atoms with Gasteiger partial charge in [-0.3, -0.25) is 0 Å². The molecule has 1 aromatic carbocycles. The maximum Gasteiger partial charge on any atom is 0.355 e. The summed E-state index contributed by atoms with van der Waals surface area (Å²) in [6.07, 6.45) is 8.83. The van der Waals surface area contributed by atoms with Crippen molar-refractivity contribution in [3.63, 3.8) is 0 Å². The fourth-order valence-electron chi connectivity index (χ4n) is 4.63. The maximum atomic E-state index is 13.6. The van der Waals surface area contributed by atoms with Gasteiger partial charge in [0.1, 0.15) is 4.91 Å². The van der Waals surface area contributed by atoms with Crippen LogP contribution in [0.2, 0.25) is 0 Å². The van der Waals surface area contributed by atoms with Crippen LogP contribution in [0.15, 0.2) is 26.5 Å². The zero-order valence-electron chi connectivity index (χ0n) is 18.6. The summed E-state index contributed by atoms with van der Waals surface area (Å²) in [7, 11) is -2.20. The molecule has 1 aromatic rings. The number of carbonyl (C=O) groups excluding carboxylic acids is 1. The Morgan fingerprint density at radius 2 is 2.03 bits per heavy atom. The zero-order chi connectivity index (χ0) is 23.4. The largest absolute Gasteiger partial charge is 0.477 e. The second kappa shape index (κ2) is 9.80. The molecule has 0 spiro atoms. The predicted molar refractivity (Wildman–Crippen MR) is 125 cm³/mol. The number of fused-ring (bicyclic) bond motifs is 2. The molecule has 1 heterocycles. The van der Waals surface area contributed by atoms with Crippen molar-refractivity contribution in [2.24, 2.45) is 15.1 Å². The van der Waals surface area contributed by atoms with Gasteiger partial charge >= 0.3 is 6.03 Å². The molecule has 2 aliphatic carbocycles. The smallest absolute Gasteiger partial charge is 0.355 e. The van der Waals surface area contributed by atoms with Crippen LogP contribution in [0.4, 0.5) is 10.5 Å². The van der Waals surface area contributed by atoms with Gasteiger partial charge in [-0.1, -0.05) is 6.07 Å². The van der Waals surface area contributed by atoms with Crippen molar-refractivity contribution in [1.29, 1.82) is 5.26 Å². The fraction of sp³-hybridized carbons (Fsp3) is 0.500. The number of nitrogens with one attached hydrogen (secondary N) is 2. The summed E-state index contributed by atoms with van der Waals surface area (Å²) < 4.78 is 30.6. The van der Waals surface area contributed by atoms with Crippen LogP contribution >= 0.6 is 0 Å². The van der Waals surface area contributed by atoms with E-state index in [9.17, 15) is 14.3 Å². The van der Waals surface area contributed by atoms with E-state index >= 15 is 0 Å². The third-order valence-corrected chi connectivity index (χ3v) is 7.91. The number of ether oxygens (including phenoxy) is 2. The van der Waals surface area contributed by atoms with Crippen LogP contribution in [-0.2, 0) is 45.1 Å². The molecule has 33 heavy (non-hydrogen) atoms. The van der Waals surface area contributed by atoms with E-state index in [1.807, 2.05) is 0 Å². The van der Waals surface area contributed by atoms with Gasteiger partial charge in [0.15, 0.2) is 16.1 Å². The first kappa shape index (κ1) is 23.1. The summed E-state index contributed by atoms with van der Waals surface area (Å²) in [6.45, 7) is 0.519. The van der Waals surface area contributed by atoms with E-state index < -0.39 is 15.9 Å². The summed E-state index contributed by atoms with van der Waals surface area (Å²) in [5.41, 5.74) is 11.3. The molecule has 0 saturated carbocycles. The number of anilines is 1. The number of nitrogens with zero attached hydrogens (tertiary/aromatic N) is 3. The molecule has 0 radical (unpaired) electrons. The molecule has 176 valence electrons. The molecule has 0 aromatic heterocycles. The molecule has 0 saturated heterocycles. The highest BCUT2D eigenvalue weighted by Crippen LogP contribution is 2.38. The molecular weight excluding hydrogens is 444 g/mol. The molecule has 1 aliphatic heterocycles. The van der Waals surface area contributed by atoms with Gasteiger partial charge in [-0.15, -0.1) is 4.36 Å². The van der Waals surface area contributed by atoms with Gasteiger partial charge in [-0.05, 0) is 60.8 Å². The monoisotopic (exact) mass is 472 g/mol. The zero-order valence-corrected chi connectivity index (χ0v) is 19.4. The average molecular weight is 473 g/mol. The standard InChI is InChI=1S/C22H28N6O4S/c1-31-16-8-9-32-21(25-12-16)19(11-23)33(30,26-13-24)28-22(29)27-20-17-6-2-4-14(17)10-15-5-3-7-18(15)20/h10-11,16H,2-9,12,23H2,1H3,(H2,26,27,28,29,30)/t16-,33?/m0/s1. The number of carbonyl (C=O) groups is 1. The van der Waals surface area contributed by atoms with Gasteiger partial charge < -0.3 is 20.5 Å². The highest BCUT2D eigenvalue weighted by molar-refractivity contribution is 7.97. The lowest BCUT2D eigenvalue weighted by molar-refractivity contribution is 0.0931. The number of nitriles is 1. The lowest BCUT2D eigenvalue weighted by Crippen LogP contribution is -2.29. The van der Waals surface area contributed by atoms with E-state index in [0.29, 0.717) is 6.42 Å². The Kier molecular flexibility index (Phi) is 6.85. The van der Waals surface area contributed by atoms with Crippen molar-refractivity contribution in [2.45, 2.75) is 51.0 Å². The first-order valence-corrected chi connectivity index (χ1v) is 12.5. The summed E-state index contributed by atoms with van der Waals surface area (Å²) in [5, 5.41) is 12.1. The van der Waals surface area contributed by atoms with E-state index in [-0.39, 0.29) is 30.1 Å². The van der Waals surface area contributed by atoms with Crippen LogP contribution in [0, 0.1) is 11.5 Å². The van der Waals surface area contributed by atoms with Crippen LogP contribution in [0.5, 0.6) is 0 Å². The number of methoxy groups -OCH3 is 1. The van der Waals surface area contributed by atoms with Crippen LogP contribution < -0.4 is 15.8 Å². The van der Waals surface area contributed by atoms with Crippen molar-refractivity contribution in [3.8, 4) is 6.19 Å². The number of aliphatic imine (C=N–C) groups is 1. The summed E-state index contributed by atoms with van der Waals surface area (Å²) in [5.74, 6) is -0.0251.